The van der Waals surface area contributed by atoms with Crippen LogP contribution in [0.3, 0.4) is 0 Å². The van der Waals surface area contributed by atoms with Crippen LogP contribution >= 0.6 is 23.3 Å². The Hall–Kier alpha value is -2.46. The molecule has 2 rings (SSSR count). The van der Waals surface area contributed by atoms with Crippen molar-refractivity contribution in [2.24, 2.45) is 0 Å². The van der Waals surface area contributed by atoms with Gasteiger partial charge in [-0.05, 0) is 20.3 Å². The first-order chi connectivity index (χ1) is 13.9. The van der Waals surface area contributed by atoms with Gasteiger partial charge in [0.2, 0.25) is 0 Å². The quantitative estimate of drug-likeness (QED) is 0.180. The molecule has 0 radical (unpaired) electrons. The summed E-state index contributed by atoms with van der Waals surface area (Å²) < 4.78 is 6.52. The van der Waals surface area contributed by atoms with Crippen LogP contribution in [-0.4, -0.2) is 43.7 Å². The van der Waals surface area contributed by atoms with E-state index >= 15 is 0 Å². The predicted molar refractivity (Wildman–Crippen MR) is 120 cm³/mol. The zero-order valence-electron chi connectivity index (χ0n) is 17.2. The van der Waals surface area contributed by atoms with Gasteiger partial charge in [0.25, 0.3) is 5.78 Å². The van der Waals surface area contributed by atoms with Crippen molar-refractivity contribution in [1.82, 2.24) is 19.7 Å². The number of aromatic amines is 1. The molecule has 2 aromatic heterocycles. The molecule has 0 aliphatic heterocycles. The van der Waals surface area contributed by atoms with E-state index in [-0.39, 0.29) is 5.56 Å². The van der Waals surface area contributed by atoms with Crippen LogP contribution in [0, 0.1) is 0 Å². The van der Waals surface area contributed by atoms with Crippen molar-refractivity contribution in [2.45, 2.75) is 40.5 Å². The Bertz CT molecular complexity index is 932. The molecule has 8 nitrogen and oxygen atoms in total. The minimum atomic E-state index is -1.53. The van der Waals surface area contributed by atoms with E-state index in [1.807, 2.05) is 13.8 Å². The van der Waals surface area contributed by atoms with Gasteiger partial charge in [-0.1, -0.05) is 26.0 Å². The molecule has 2 heterocycles. The van der Waals surface area contributed by atoms with Crippen molar-refractivity contribution in [3.05, 3.63) is 46.6 Å². The number of rotatable bonds is 6. The minimum Gasteiger partial charge on any atom is -0.504 e. The average Bonchev–Trinajstić information content (AvgIpc) is 3.37. The van der Waals surface area contributed by atoms with Gasteiger partial charge in [0.1, 0.15) is 6.33 Å². The van der Waals surface area contributed by atoms with Crippen molar-refractivity contribution >= 4 is 47.0 Å². The molecule has 0 unspecified atom stereocenters. The van der Waals surface area contributed by atoms with E-state index in [1.54, 1.807) is 17.9 Å². The number of aliphatic carboxylic acids is 1. The van der Waals surface area contributed by atoms with Crippen LogP contribution in [0.5, 0.6) is 0 Å². The number of carboxylic acid groups (broad SMARTS) is 1. The number of methoxy groups -OCH3 is 1. The molecular weight excluding hydrogens is 412 g/mol. The summed E-state index contributed by atoms with van der Waals surface area (Å²) in [5.74, 6) is -1.85. The Morgan fingerprint density at radius 2 is 2.00 bits per heavy atom. The number of hydrogen-bond acceptors (Lipinski definition) is 7. The number of aromatic nitrogens is 4. The molecule has 2 N–H and O–H groups in total. The van der Waals surface area contributed by atoms with Gasteiger partial charge in [-0.25, -0.2) is 14.5 Å². The summed E-state index contributed by atoms with van der Waals surface area (Å²) in [6.07, 6.45) is 10.3. The number of hydrogen-bond donors (Lipinski definition) is 4. The van der Waals surface area contributed by atoms with E-state index in [9.17, 15) is 9.59 Å². The van der Waals surface area contributed by atoms with Crippen LogP contribution in [0.1, 0.15) is 50.3 Å². The van der Waals surface area contributed by atoms with Crippen LogP contribution in [0.2, 0.25) is 0 Å². The number of Topliss-reactive ketones (excluding diaryl/α,β-unsaturated/α-hetero) is 1. The lowest BCUT2D eigenvalue weighted by Crippen LogP contribution is -2.32. The Morgan fingerprint density at radius 1 is 1.34 bits per heavy atom. The first-order valence-corrected chi connectivity index (χ1v) is 10.4. The number of ketones is 1. The number of carbonyl (C=O) groups is 2. The Labute approximate surface area is 180 Å². The highest BCUT2D eigenvalue weighted by Gasteiger charge is 2.18. The lowest BCUT2D eigenvalue weighted by molar-refractivity contribution is -0.131. The molecule has 0 aliphatic rings. The van der Waals surface area contributed by atoms with Gasteiger partial charge in [0, 0.05) is 17.8 Å². The second kappa shape index (κ2) is 14.5. The number of H-pyrrole nitrogens is 1. The first kappa shape index (κ1) is 26.5. The maximum Gasteiger partial charge on any atom is 0.377 e. The van der Waals surface area contributed by atoms with Crippen molar-refractivity contribution in [3.63, 3.8) is 0 Å². The van der Waals surface area contributed by atoms with Crippen molar-refractivity contribution in [2.75, 3.05) is 7.11 Å². The highest BCUT2D eigenvalue weighted by atomic mass is 33.1. The van der Waals surface area contributed by atoms with Gasteiger partial charge in [0.05, 0.1) is 30.0 Å². The van der Waals surface area contributed by atoms with E-state index in [2.05, 4.69) is 57.5 Å². The molecule has 0 fully saturated rings. The topological polar surface area (TPSA) is 110 Å². The number of nitrogens with zero attached hydrogens (tertiary/aromatic N) is 3. The summed E-state index contributed by atoms with van der Waals surface area (Å²) in [4.78, 5) is 29.7. The summed E-state index contributed by atoms with van der Waals surface area (Å²) in [6, 6.07) is 0. The normalized spacial score (nSPS) is 11.9. The molecule has 0 saturated heterocycles. The third kappa shape index (κ3) is 7.82. The van der Waals surface area contributed by atoms with Crippen LogP contribution in [0.4, 0.5) is 0 Å². The maximum absolute atomic E-state index is 11.7. The number of allylic oxidation sites excluding steroid dienone is 2. The van der Waals surface area contributed by atoms with Crippen molar-refractivity contribution in [1.29, 1.82) is 0 Å². The SMILES string of the molecule is C/C=C\CC.CCc1ncn(/C(C)=c2\[nH]cc(C(=O)C(=O)O)\c2=C/OC)n1.SS. The highest BCUT2D eigenvalue weighted by molar-refractivity contribution is 8.59. The summed E-state index contributed by atoms with van der Waals surface area (Å²) in [6.45, 7) is 7.88. The van der Waals surface area contributed by atoms with Gasteiger partial charge >= 0.3 is 5.97 Å². The molecule has 29 heavy (non-hydrogen) atoms. The highest BCUT2D eigenvalue weighted by Crippen LogP contribution is 1.98. The number of nitrogens with one attached hydrogen (secondary N) is 1. The number of ether oxygens (including phenoxy) is 1. The van der Waals surface area contributed by atoms with Gasteiger partial charge in [-0.3, -0.25) is 4.79 Å². The number of carboxylic acids is 1. The van der Waals surface area contributed by atoms with E-state index in [4.69, 9.17) is 9.84 Å². The zero-order chi connectivity index (χ0) is 22.4. The molecule has 0 bridgehead atoms. The predicted octanol–water partition coefficient (Wildman–Crippen LogP) is 2.23. The van der Waals surface area contributed by atoms with Gasteiger partial charge in [-0.15, -0.1) is 23.3 Å². The smallest absolute Gasteiger partial charge is 0.377 e. The molecule has 0 atom stereocenters. The van der Waals surface area contributed by atoms with Crippen LogP contribution < -0.4 is 10.6 Å². The average molecular weight is 441 g/mol. The second-order valence-corrected chi connectivity index (χ2v) is 5.50. The van der Waals surface area contributed by atoms with Gasteiger partial charge in [-0.2, -0.15) is 5.10 Å². The fourth-order valence-electron chi connectivity index (χ4n) is 2.25. The monoisotopic (exact) mass is 440 g/mol. The summed E-state index contributed by atoms with van der Waals surface area (Å²) in [7, 11) is 1.42. The van der Waals surface area contributed by atoms with Crippen LogP contribution in [0.25, 0.3) is 12.0 Å². The maximum atomic E-state index is 11.7. The molecular formula is C19H28N4O4S2. The van der Waals surface area contributed by atoms with Crippen LogP contribution in [-0.2, 0) is 16.0 Å². The summed E-state index contributed by atoms with van der Waals surface area (Å²) in [5, 5.41) is 14.1. The third-order valence-corrected chi connectivity index (χ3v) is 3.63. The van der Waals surface area contributed by atoms with E-state index < -0.39 is 11.8 Å². The summed E-state index contributed by atoms with van der Waals surface area (Å²) in [5.41, 5.74) is 0.694. The molecule has 0 aliphatic carbocycles. The third-order valence-electron chi connectivity index (χ3n) is 3.63. The molecule has 2 aromatic rings. The molecule has 10 heteroatoms. The molecule has 0 amide bonds. The minimum absolute atomic E-state index is 0.0273. The molecule has 160 valence electrons. The van der Waals surface area contributed by atoms with Crippen molar-refractivity contribution in [3.8, 4) is 0 Å². The van der Waals surface area contributed by atoms with Crippen molar-refractivity contribution < 1.29 is 19.4 Å². The zero-order valence-corrected chi connectivity index (χ0v) is 19.0. The van der Waals surface area contributed by atoms with E-state index in [0.717, 1.165) is 6.42 Å². The number of carbonyl (C=O) groups excluding carboxylic acids is 1. The fraction of sp³-hybridized carbons (Fsp3) is 0.368. The summed E-state index contributed by atoms with van der Waals surface area (Å²) >= 11 is 6.44. The lowest BCUT2D eigenvalue weighted by atomic mass is 10.2. The molecule has 0 saturated carbocycles. The van der Waals surface area contributed by atoms with Gasteiger partial charge in [0.15, 0.2) is 5.82 Å². The molecule has 0 aromatic carbocycles. The largest absolute Gasteiger partial charge is 0.504 e. The standard InChI is InChI=1S/C14H16N4O4.C5H10.H2S2/c1-4-11-16-7-18(17-11)8(2)12-10(6-22-3)9(5-15-12)13(19)14(20)21;1-3-5-4-2;1-2/h5-7,15H,4H2,1-3H3,(H,20,21);3,5H,4H2,1-2H3;1-2H/b10-6+,12-8-;5-3-;. The first-order valence-electron chi connectivity index (χ1n) is 8.82. The number of aryl methyl sites for hydroxylation is 1. The second-order valence-electron chi connectivity index (χ2n) is 5.50. The Kier molecular flexibility index (Phi) is 13.3. The lowest BCUT2D eigenvalue weighted by Gasteiger charge is -1.98. The van der Waals surface area contributed by atoms with Gasteiger partial charge < -0.3 is 14.8 Å². The van der Waals surface area contributed by atoms with E-state index in [1.165, 1.54) is 19.6 Å². The Morgan fingerprint density at radius 3 is 2.41 bits per heavy atom. The fourth-order valence-corrected chi connectivity index (χ4v) is 2.25. The van der Waals surface area contributed by atoms with E-state index in [0.29, 0.717) is 28.5 Å². The van der Waals surface area contributed by atoms with Crippen LogP contribution in [0.15, 0.2) is 24.7 Å². The number of thiol groups is 2. The Balaban J connectivity index is 0.000000977. The molecule has 0 spiro atoms.